The van der Waals surface area contributed by atoms with Gasteiger partial charge in [-0.3, -0.25) is 15.0 Å². The molecule has 1 N–H and O–H groups in total. The molecule has 0 spiro atoms. The minimum Gasteiger partial charge on any atom is -0.468 e. The van der Waals surface area contributed by atoms with Crippen LogP contribution in [-0.4, -0.2) is 61.4 Å². The molecule has 3 aliphatic rings. The third-order valence-electron chi connectivity index (χ3n) is 5.34. The molecule has 3 unspecified atom stereocenters. The van der Waals surface area contributed by atoms with Gasteiger partial charge in [0, 0.05) is 24.7 Å². The minimum atomic E-state index is -0.447. The topological polar surface area (TPSA) is 50.8 Å². The lowest BCUT2D eigenvalue weighted by Crippen LogP contribution is -2.55. The fourth-order valence-electron chi connectivity index (χ4n) is 3.99. The molecule has 0 radical (unpaired) electrons. The summed E-state index contributed by atoms with van der Waals surface area (Å²) in [6, 6.07) is 1.50. The summed E-state index contributed by atoms with van der Waals surface area (Å²) in [4.78, 5) is 14.9. The van der Waals surface area contributed by atoms with E-state index in [0.717, 1.165) is 45.4 Å². The Labute approximate surface area is 127 Å². The summed E-state index contributed by atoms with van der Waals surface area (Å²) in [5.41, 5.74) is -0.447. The Bertz CT molecular complexity index is 386. The molecular formula is C16H28N2O3. The van der Waals surface area contributed by atoms with Crippen LogP contribution in [-0.2, 0) is 14.3 Å². The van der Waals surface area contributed by atoms with Crippen molar-refractivity contribution in [1.82, 2.24) is 10.2 Å². The highest BCUT2D eigenvalue weighted by molar-refractivity contribution is 5.81. The third kappa shape index (κ3) is 3.10. The van der Waals surface area contributed by atoms with Crippen molar-refractivity contribution in [2.45, 2.75) is 69.1 Å². The second-order valence-electron chi connectivity index (χ2n) is 6.76. The van der Waals surface area contributed by atoms with Gasteiger partial charge < -0.3 is 9.47 Å². The number of nitrogens with one attached hydrogen (secondary N) is 1. The molecular weight excluding hydrogens is 268 g/mol. The highest BCUT2D eigenvalue weighted by atomic mass is 16.5. The SMILES string of the molecule is CCC1COCCN1C1CCC(NC2CC2)(C(=O)OC)C1. The average molecular weight is 296 g/mol. The van der Waals surface area contributed by atoms with Crippen LogP contribution < -0.4 is 5.32 Å². The second kappa shape index (κ2) is 6.23. The van der Waals surface area contributed by atoms with Gasteiger partial charge in [-0.15, -0.1) is 0 Å². The van der Waals surface area contributed by atoms with Gasteiger partial charge >= 0.3 is 5.97 Å². The molecule has 1 saturated heterocycles. The first-order valence-corrected chi connectivity index (χ1v) is 8.38. The molecule has 5 nitrogen and oxygen atoms in total. The van der Waals surface area contributed by atoms with Crippen molar-refractivity contribution in [3.8, 4) is 0 Å². The van der Waals surface area contributed by atoms with Gasteiger partial charge in [-0.25, -0.2) is 0 Å². The van der Waals surface area contributed by atoms with Crippen LogP contribution in [0, 0.1) is 0 Å². The van der Waals surface area contributed by atoms with Gasteiger partial charge in [0.2, 0.25) is 0 Å². The summed E-state index contributed by atoms with van der Waals surface area (Å²) < 4.78 is 10.7. The minimum absolute atomic E-state index is 0.0711. The molecule has 2 aliphatic carbocycles. The first-order chi connectivity index (χ1) is 10.2. The molecule has 3 rings (SSSR count). The lowest BCUT2D eigenvalue weighted by molar-refractivity contribution is -0.148. The highest BCUT2D eigenvalue weighted by Gasteiger charge is 2.50. The van der Waals surface area contributed by atoms with Crippen LogP contribution in [0.25, 0.3) is 0 Å². The van der Waals surface area contributed by atoms with E-state index in [9.17, 15) is 4.79 Å². The Kier molecular flexibility index (Phi) is 4.52. The van der Waals surface area contributed by atoms with Gasteiger partial charge in [0.15, 0.2) is 0 Å². The molecule has 0 aromatic carbocycles. The van der Waals surface area contributed by atoms with Crippen molar-refractivity contribution in [3.63, 3.8) is 0 Å². The fourth-order valence-corrected chi connectivity index (χ4v) is 3.99. The second-order valence-corrected chi connectivity index (χ2v) is 6.76. The molecule has 0 amide bonds. The van der Waals surface area contributed by atoms with Crippen LogP contribution in [0.2, 0.25) is 0 Å². The monoisotopic (exact) mass is 296 g/mol. The average Bonchev–Trinajstić information content (AvgIpc) is 3.23. The zero-order chi connectivity index (χ0) is 14.9. The Balaban J connectivity index is 1.70. The molecule has 1 heterocycles. The molecule has 2 saturated carbocycles. The number of ether oxygens (including phenoxy) is 2. The molecule has 120 valence electrons. The van der Waals surface area contributed by atoms with Crippen molar-refractivity contribution in [2.75, 3.05) is 26.9 Å². The van der Waals surface area contributed by atoms with E-state index < -0.39 is 5.54 Å². The van der Waals surface area contributed by atoms with Gasteiger partial charge in [0.05, 0.1) is 20.3 Å². The first kappa shape index (κ1) is 15.3. The lowest BCUT2D eigenvalue weighted by atomic mass is 9.96. The Hall–Kier alpha value is -0.650. The number of carbonyl (C=O) groups excluding carboxylic acids is 1. The number of carbonyl (C=O) groups is 1. The van der Waals surface area contributed by atoms with Crippen molar-refractivity contribution in [2.24, 2.45) is 0 Å². The summed E-state index contributed by atoms with van der Waals surface area (Å²) >= 11 is 0. The van der Waals surface area contributed by atoms with Crippen molar-refractivity contribution in [1.29, 1.82) is 0 Å². The van der Waals surface area contributed by atoms with Crippen LogP contribution in [0.3, 0.4) is 0 Å². The molecule has 0 aromatic rings. The van der Waals surface area contributed by atoms with E-state index in [2.05, 4.69) is 17.1 Å². The summed E-state index contributed by atoms with van der Waals surface area (Å²) in [5, 5.41) is 3.59. The molecule has 5 heteroatoms. The number of morpholine rings is 1. The van der Waals surface area contributed by atoms with Crippen LogP contribution >= 0.6 is 0 Å². The van der Waals surface area contributed by atoms with Crippen LogP contribution in [0.5, 0.6) is 0 Å². The fraction of sp³-hybridized carbons (Fsp3) is 0.938. The largest absolute Gasteiger partial charge is 0.468 e. The van der Waals surface area contributed by atoms with Crippen LogP contribution in [0.15, 0.2) is 0 Å². The van der Waals surface area contributed by atoms with Crippen LogP contribution in [0.1, 0.15) is 45.4 Å². The first-order valence-electron chi connectivity index (χ1n) is 8.38. The Morgan fingerprint density at radius 2 is 2.24 bits per heavy atom. The number of hydrogen-bond acceptors (Lipinski definition) is 5. The standard InChI is InChI=1S/C16H28N2O3/c1-3-13-11-21-9-8-18(13)14-6-7-16(10-14,15(19)20-2)17-12-4-5-12/h12-14,17H,3-11H2,1-2H3. The quantitative estimate of drug-likeness (QED) is 0.775. The number of rotatable bonds is 5. The maximum atomic E-state index is 12.4. The molecule has 3 atom stereocenters. The van der Waals surface area contributed by atoms with E-state index >= 15 is 0 Å². The normalized spacial score (nSPS) is 37.6. The molecule has 0 bridgehead atoms. The van der Waals surface area contributed by atoms with E-state index in [-0.39, 0.29) is 5.97 Å². The number of esters is 1. The highest BCUT2D eigenvalue weighted by Crippen LogP contribution is 2.38. The number of nitrogens with zero attached hydrogens (tertiary/aromatic N) is 1. The van der Waals surface area contributed by atoms with Crippen molar-refractivity contribution >= 4 is 5.97 Å². The van der Waals surface area contributed by atoms with Gasteiger partial charge in [0.25, 0.3) is 0 Å². The summed E-state index contributed by atoms with van der Waals surface area (Å²) in [5.74, 6) is -0.0711. The predicted octanol–water partition coefficient (Wildman–Crippen LogP) is 1.31. The van der Waals surface area contributed by atoms with Gasteiger partial charge in [0.1, 0.15) is 5.54 Å². The predicted molar refractivity (Wildman–Crippen MR) is 80.1 cm³/mol. The van der Waals surface area contributed by atoms with Gasteiger partial charge in [-0.05, 0) is 38.5 Å². The zero-order valence-electron chi connectivity index (χ0n) is 13.3. The maximum absolute atomic E-state index is 12.4. The summed E-state index contributed by atoms with van der Waals surface area (Å²) in [6.45, 7) is 4.85. The van der Waals surface area contributed by atoms with Gasteiger partial charge in [-0.2, -0.15) is 0 Å². The van der Waals surface area contributed by atoms with E-state index in [4.69, 9.17) is 9.47 Å². The Morgan fingerprint density at radius 3 is 2.90 bits per heavy atom. The molecule has 0 aromatic heterocycles. The van der Waals surface area contributed by atoms with Crippen molar-refractivity contribution in [3.05, 3.63) is 0 Å². The number of hydrogen-bond donors (Lipinski definition) is 1. The molecule has 21 heavy (non-hydrogen) atoms. The summed E-state index contributed by atoms with van der Waals surface area (Å²) in [6.07, 6.45) is 6.35. The van der Waals surface area contributed by atoms with Crippen LogP contribution in [0.4, 0.5) is 0 Å². The van der Waals surface area contributed by atoms with Gasteiger partial charge in [-0.1, -0.05) is 6.92 Å². The maximum Gasteiger partial charge on any atom is 0.326 e. The third-order valence-corrected chi connectivity index (χ3v) is 5.34. The lowest BCUT2D eigenvalue weighted by Gasteiger charge is -2.40. The van der Waals surface area contributed by atoms with E-state index in [0.29, 0.717) is 18.1 Å². The van der Waals surface area contributed by atoms with E-state index in [1.165, 1.54) is 20.0 Å². The molecule has 3 fully saturated rings. The number of methoxy groups -OCH3 is 1. The van der Waals surface area contributed by atoms with Crippen molar-refractivity contribution < 1.29 is 14.3 Å². The zero-order valence-corrected chi connectivity index (χ0v) is 13.3. The summed E-state index contributed by atoms with van der Waals surface area (Å²) in [7, 11) is 1.51. The van der Waals surface area contributed by atoms with E-state index in [1.807, 2.05) is 0 Å². The Morgan fingerprint density at radius 1 is 1.43 bits per heavy atom. The smallest absolute Gasteiger partial charge is 0.326 e. The molecule has 1 aliphatic heterocycles. The van der Waals surface area contributed by atoms with E-state index in [1.54, 1.807) is 0 Å².